The Labute approximate surface area is 165 Å². The molecule has 1 fully saturated rings. The van der Waals surface area contributed by atoms with Gasteiger partial charge in [-0.3, -0.25) is 9.59 Å². The molecule has 9 heteroatoms. The summed E-state index contributed by atoms with van der Waals surface area (Å²) >= 11 is 13.4. The predicted octanol–water partition coefficient (Wildman–Crippen LogP) is 3.69. The molecule has 1 aromatic carbocycles. The molecule has 6 nitrogen and oxygen atoms in total. The van der Waals surface area contributed by atoms with E-state index < -0.39 is 6.04 Å². The van der Waals surface area contributed by atoms with Crippen molar-refractivity contribution in [2.45, 2.75) is 18.9 Å². The van der Waals surface area contributed by atoms with Crippen LogP contribution in [0.4, 0.5) is 5.82 Å². The first kappa shape index (κ1) is 19.1. The lowest BCUT2D eigenvalue weighted by molar-refractivity contribution is -0.139. The van der Waals surface area contributed by atoms with E-state index >= 15 is 0 Å². The Morgan fingerprint density at radius 2 is 2.19 bits per heavy atom. The molecule has 1 aliphatic rings. The molecule has 2 amide bonds. The predicted molar refractivity (Wildman–Crippen MR) is 103 cm³/mol. The maximum atomic E-state index is 12.6. The summed E-state index contributed by atoms with van der Waals surface area (Å²) in [6, 6.07) is 4.77. The molecule has 1 aliphatic heterocycles. The van der Waals surface area contributed by atoms with Crippen LogP contribution < -0.4 is 5.32 Å². The number of hydrogen-bond donors (Lipinski definition) is 1. The van der Waals surface area contributed by atoms with Gasteiger partial charge in [0.25, 0.3) is 0 Å². The van der Waals surface area contributed by atoms with Gasteiger partial charge in [0.2, 0.25) is 11.8 Å². The average molecular weight is 414 g/mol. The molecule has 1 aromatic heterocycles. The molecule has 2 aromatic rings. The van der Waals surface area contributed by atoms with Crippen LogP contribution in [0.5, 0.6) is 0 Å². The van der Waals surface area contributed by atoms with Crippen molar-refractivity contribution in [3.05, 3.63) is 33.6 Å². The maximum Gasteiger partial charge on any atom is 0.249 e. The molecule has 0 saturated carbocycles. The van der Waals surface area contributed by atoms with Crippen LogP contribution in [-0.4, -0.2) is 48.0 Å². The number of aromatic nitrogens is 1. The van der Waals surface area contributed by atoms with Gasteiger partial charge in [-0.05, 0) is 25.0 Å². The van der Waals surface area contributed by atoms with Crippen LogP contribution in [0.15, 0.2) is 23.6 Å². The number of likely N-dealkylation sites (tertiary alicyclic amines) is 1. The van der Waals surface area contributed by atoms with Crippen molar-refractivity contribution < 1.29 is 14.3 Å². The van der Waals surface area contributed by atoms with E-state index in [0.717, 1.165) is 17.0 Å². The van der Waals surface area contributed by atoms with E-state index in [1.807, 2.05) is 6.07 Å². The number of ether oxygens (including phenoxy) is 1. The van der Waals surface area contributed by atoms with E-state index in [1.54, 1.807) is 22.4 Å². The van der Waals surface area contributed by atoms with Crippen LogP contribution in [0.1, 0.15) is 12.8 Å². The number of carbonyl (C=O) groups excluding carboxylic acids is 2. The van der Waals surface area contributed by atoms with Crippen LogP contribution in [-0.2, 0) is 14.3 Å². The fourth-order valence-electron chi connectivity index (χ4n) is 2.85. The number of nitrogens with zero attached hydrogens (tertiary/aromatic N) is 2. The topological polar surface area (TPSA) is 71.5 Å². The Morgan fingerprint density at radius 3 is 2.92 bits per heavy atom. The first-order chi connectivity index (χ1) is 12.5. The van der Waals surface area contributed by atoms with Gasteiger partial charge in [0.1, 0.15) is 23.5 Å². The van der Waals surface area contributed by atoms with Crippen molar-refractivity contribution in [1.29, 1.82) is 0 Å². The van der Waals surface area contributed by atoms with Crippen molar-refractivity contribution in [1.82, 2.24) is 9.88 Å². The van der Waals surface area contributed by atoms with E-state index in [1.165, 1.54) is 18.4 Å². The lowest BCUT2D eigenvalue weighted by atomic mass is 10.2. The van der Waals surface area contributed by atoms with Gasteiger partial charge >= 0.3 is 0 Å². The minimum Gasteiger partial charge on any atom is -0.375 e. The molecule has 0 radical (unpaired) electrons. The van der Waals surface area contributed by atoms with Gasteiger partial charge in [-0.2, -0.15) is 0 Å². The van der Waals surface area contributed by atoms with E-state index in [0.29, 0.717) is 28.8 Å². The van der Waals surface area contributed by atoms with Gasteiger partial charge < -0.3 is 15.0 Å². The van der Waals surface area contributed by atoms with Crippen molar-refractivity contribution in [3.63, 3.8) is 0 Å². The number of methoxy groups -OCH3 is 1. The molecular weight excluding hydrogens is 397 g/mol. The normalized spacial score (nSPS) is 16.7. The van der Waals surface area contributed by atoms with Crippen LogP contribution in [0, 0.1) is 0 Å². The van der Waals surface area contributed by atoms with E-state index in [2.05, 4.69) is 10.3 Å². The molecule has 3 rings (SSSR count). The minimum absolute atomic E-state index is 0.0258. The van der Waals surface area contributed by atoms with Crippen LogP contribution in [0.2, 0.25) is 10.0 Å². The van der Waals surface area contributed by atoms with Gasteiger partial charge in [0, 0.05) is 24.6 Å². The molecule has 138 valence electrons. The Kier molecular flexibility index (Phi) is 6.13. The molecular formula is C17H17Cl2N3O3S. The smallest absolute Gasteiger partial charge is 0.249 e. The third-order valence-corrected chi connectivity index (χ3v) is 5.70. The summed E-state index contributed by atoms with van der Waals surface area (Å²) in [5.41, 5.74) is 0.822. The Balaban J connectivity index is 1.69. The van der Waals surface area contributed by atoms with Gasteiger partial charge in [-0.1, -0.05) is 29.3 Å². The highest BCUT2D eigenvalue weighted by Gasteiger charge is 2.34. The number of rotatable bonds is 5. The second kappa shape index (κ2) is 8.35. The lowest BCUT2D eigenvalue weighted by Crippen LogP contribution is -2.44. The third-order valence-electron chi connectivity index (χ3n) is 4.07. The number of nitrogens with one attached hydrogen (secondary N) is 1. The summed E-state index contributed by atoms with van der Waals surface area (Å²) in [5.74, 6) is 0.0324. The summed E-state index contributed by atoms with van der Waals surface area (Å²) in [4.78, 5) is 30.6. The molecule has 1 saturated heterocycles. The molecule has 0 aliphatic carbocycles. The van der Waals surface area contributed by atoms with E-state index in [-0.39, 0.29) is 18.4 Å². The number of benzene rings is 1. The van der Waals surface area contributed by atoms with Crippen molar-refractivity contribution in [2.75, 3.05) is 25.6 Å². The van der Waals surface area contributed by atoms with Crippen LogP contribution in [0.25, 0.3) is 10.6 Å². The second-order valence-electron chi connectivity index (χ2n) is 5.83. The monoisotopic (exact) mass is 413 g/mol. The van der Waals surface area contributed by atoms with Crippen LogP contribution >= 0.6 is 34.5 Å². The SMILES string of the molecule is COCC(=O)N1CCCC1C(=O)Nc1csc(-c2ccc(Cl)c(Cl)c2)n1. The fraction of sp³-hybridized carbons (Fsp3) is 0.353. The Hall–Kier alpha value is -1.67. The molecule has 0 spiro atoms. The zero-order valence-corrected chi connectivity index (χ0v) is 16.3. The van der Waals surface area contributed by atoms with Crippen molar-refractivity contribution in [3.8, 4) is 10.6 Å². The first-order valence-electron chi connectivity index (χ1n) is 8.00. The summed E-state index contributed by atoms with van der Waals surface area (Å²) in [5, 5.41) is 6.19. The molecule has 26 heavy (non-hydrogen) atoms. The number of anilines is 1. The lowest BCUT2D eigenvalue weighted by Gasteiger charge is -2.23. The molecule has 1 unspecified atom stereocenters. The number of amides is 2. The summed E-state index contributed by atoms with van der Waals surface area (Å²) < 4.78 is 4.88. The highest BCUT2D eigenvalue weighted by molar-refractivity contribution is 7.13. The quantitative estimate of drug-likeness (QED) is 0.810. The largest absolute Gasteiger partial charge is 0.375 e. The van der Waals surface area contributed by atoms with Crippen LogP contribution in [0.3, 0.4) is 0 Å². The Morgan fingerprint density at radius 1 is 1.38 bits per heavy atom. The third kappa shape index (κ3) is 4.17. The van der Waals surface area contributed by atoms with Crippen molar-refractivity contribution in [2.24, 2.45) is 0 Å². The molecule has 2 heterocycles. The Bertz CT molecular complexity index is 827. The van der Waals surface area contributed by atoms with Crippen molar-refractivity contribution >= 4 is 52.2 Å². The maximum absolute atomic E-state index is 12.6. The molecule has 1 N–H and O–H groups in total. The van der Waals surface area contributed by atoms with Gasteiger partial charge in [0.05, 0.1) is 10.0 Å². The summed E-state index contributed by atoms with van der Waals surface area (Å²) in [7, 11) is 1.46. The average Bonchev–Trinajstić information content (AvgIpc) is 3.27. The van der Waals surface area contributed by atoms with E-state index in [9.17, 15) is 9.59 Å². The van der Waals surface area contributed by atoms with Gasteiger partial charge in [-0.25, -0.2) is 4.98 Å². The molecule has 1 atom stereocenters. The number of halogens is 2. The summed E-state index contributed by atoms with van der Waals surface area (Å²) in [6.45, 7) is 0.536. The second-order valence-corrected chi connectivity index (χ2v) is 7.51. The number of hydrogen-bond acceptors (Lipinski definition) is 5. The van der Waals surface area contributed by atoms with Gasteiger partial charge in [0.15, 0.2) is 0 Å². The standard InChI is InChI=1S/C17H17Cl2N3O3S/c1-25-8-15(23)22-6-2-3-13(22)16(24)20-14-9-26-17(21-14)10-4-5-11(18)12(19)7-10/h4-5,7,9,13H,2-3,6,8H2,1H3,(H,20,24). The van der Waals surface area contributed by atoms with E-state index in [4.69, 9.17) is 27.9 Å². The first-order valence-corrected chi connectivity index (χ1v) is 9.63. The minimum atomic E-state index is -0.493. The zero-order chi connectivity index (χ0) is 18.7. The number of carbonyl (C=O) groups is 2. The summed E-state index contributed by atoms with van der Waals surface area (Å²) in [6.07, 6.45) is 1.42. The fourth-order valence-corrected chi connectivity index (χ4v) is 3.89. The highest BCUT2D eigenvalue weighted by Crippen LogP contribution is 2.31. The number of thiazole rings is 1. The molecule has 0 bridgehead atoms. The highest BCUT2D eigenvalue weighted by atomic mass is 35.5. The zero-order valence-electron chi connectivity index (χ0n) is 14.0. The van der Waals surface area contributed by atoms with Gasteiger partial charge in [-0.15, -0.1) is 11.3 Å².